The van der Waals surface area contributed by atoms with Crippen LogP contribution in [0.15, 0.2) is 11.1 Å². The summed E-state index contributed by atoms with van der Waals surface area (Å²) in [5, 5.41) is 0. The Bertz CT molecular complexity index is 1120. The molecule has 1 heteroatoms. The van der Waals surface area contributed by atoms with Crippen molar-refractivity contribution < 1.29 is 22.9 Å². The van der Waals surface area contributed by atoms with E-state index in [2.05, 4.69) is 53.7 Å². The summed E-state index contributed by atoms with van der Waals surface area (Å²) in [5.41, 5.74) is 23.5. The fraction of sp³-hybridized carbons (Fsp3) is 0.467. The molecule has 158 valence electrons. The zero-order valence-electron chi connectivity index (χ0n) is 20.1. The van der Waals surface area contributed by atoms with Crippen LogP contribution in [0.25, 0.3) is 12.2 Å². The van der Waals surface area contributed by atoms with E-state index in [-0.39, 0.29) is 0 Å². The van der Waals surface area contributed by atoms with Crippen LogP contribution in [0.2, 0.25) is 0 Å². The van der Waals surface area contributed by atoms with Crippen molar-refractivity contribution in [2.24, 2.45) is 0 Å². The molecule has 0 N–H and O–H groups in total. The normalized spacial score (nSPS) is 22.8. The molecule has 0 amide bonds. The second-order valence-electron chi connectivity index (χ2n) is 10.6. The average Bonchev–Trinajstić information content (AvgIpc) is 3.51. The maximum absolute atomic E-state index is 2.59. The second-order valence-corrected chi connectivity index (χ2v) is 15.9. The zero-order valence-corrected chi connectivity index (χ0v) is 23.6. The molecule has 0 spiro atoms. The van der Waals surface area contributed by atoms with Crippen LogP contribution in [-0.4, -0.2) is 0 Å². The molecule has 0 fully saturated rings. The van der Waals surface area contributed by atoms with Crippen molar-refractivity contribution in [2.45, 2.75) is 87.4 Å². The zero-order chi connectivity index (χ0) is 21.6. The van der Waals surface area contributed by atoms with E-state index in [1.54, 1.807) is 77.9 Å². The Morgan fingerprint density at radius 3 is 1.29 bits per heavy atom. The van der Waals surface area contributed by atoms with E-state index in [0.717, 1.165) is 7.35 Å². The molecular weight excluding hydrogens is 539 g/mol. The monoisotopic (exact) mass is 574 g/mol. The third-order valence-electron chi connectivity index (χ3n) is 9.01. The van der Waals surface area contributed by atoms with Gasteiger partial charge in [0.05, 0.1) is 0 Å². The second kappa shape index (κ2) is 7.14. The van der Waals surface area contributed by atoms with Gasteiger partial charge in [0.2, 0.25) is 0 Å². The Morgan fingerprint density at radius 1 is 0.548 bits per heavy atom. The summed E-state index contributed by atoms with van der Waals surface area (Å²) >= 11 is -1.04. The predicted octanol–water partition coefficient (Wildman–Crippen LogP) is 7.60. The Hall–Kier alpha value is -1.21. The van der Waals surface area contributed by atoms with E-state index in [4.69, 9.17) is 0 Å². The first-order chi connectivity index (χ1) is 14.9. The summed E-state index contributed by atoms with van der Waals surface area (Å²) in [6, 6.07) is 0. The number of allylic oxidation sites excluding steroid dienone is 2. The van der Waals surface area contributed by atoms with Crippen LogP contribution in [0.5, 0.6) is 0 Å². The topological polar surface area (TPSA) is 0 Å². The van der Waals surface area contributed by atoms with Gasteiger partial charge in [-0.1, -0.05) is 0 Å². The molecular formula is C30H34Hf. The minimum absolute atomic E-state index is 0.770. The van der Waals surface area contributed by atoms with Gasteiger partial charge in [-0.15, -0.1) is 0 Å². The van der Waals surface area contributed by atoms with Crippen LogP contribution in [0, 0.1) is 27.7 Å². The molecule has 0 bridgehead atoms. The van der Waals surface area contributed by atoms with Crippen molar-refractivity contribution in [1.29, 1.82) is 0 Å². The first-order valence-electron chi connectivity index (χ1n) is 12.3. The van der Waals surface area contributed by atoms with Gasteiger partial charge in [-0.25, -0.2) is 0 Å². The third-order valence-corrected chi connectivity index (χ3v) is 16.7. The number of fused-ring (bicyclic) bond motifs is 4. The SMILES string of the molecule is CC1=Cc2c(C)c3c(c(C)c2[CH]1[Hf][CH]1C(C)=Cc2c(C)c4c(c(C)c21)CCC4)CCC3. The van der Waals surface area contributed by atoms with E-state index in [0.29, 0.717) is 0 Å². The van der Waals surface area contributed by atoms with Crippen molar-refractivity contribution in [1.82, 2.24) is 0 Å². The fourth-order valence-corrected chi connectivity index (χ4v) is 14.9. The van der Waals surface area contributed by atoms with Crippen molar-refractivity contribution in [2.75, 3.05) is 0 Å². The molecule has 0 radical (unpaired) electrons. The predicted molar refractivity (Wildman–Crippen MR) is 129 cm³/mol. The first kappa shape index (κ1) is 20.4. The van der Waals surface area contributed by atoms with Gasteiger partial charge in [0.25, 0.3) is 0 Å². The molecule has 2 aromatic carbocycles. The van der Waals surface area contributed by atoms with Gasteiger partial charge in [-0.2, -0.15) is 0 Å². The van der Waals surface area contributed by atoms with Gasteiger partial charge in [-0.3, -0.25) is 0 Å². The van der Waals surface area contributed by atoms with Gasteiger partial charge in [0, 0.05) is 0 Å². The number of benzene rings is 2. The molecule has 2 unspecified atom stereocenters. The van der Waals surface area contributed by atoms with Crippen LogP contribution < -0.4 is 0 Å². The molecule has 31 heavy (non-hydrogen) atoms. The maximum atomic E-state index is 2.59. The van der Waals surface area contributed by atoms with Crippen molar-refractivity contribution in [3.05, 3.63) is 77.9 Å². The third kappa shape index (κ3) is 2.74. The Morgan fingerprint density at radius 2 is 0.903 bits per heavy atom. The fourth-order valence-electron chi connectivity index (χ4n) is 7.39. The summed E-state index contributed by atoms with van der Waals surface area (Å²) in [5.74, 6) is 0. The molecule has 0 saturated heterocycles. The van der Waals surface area contributed by atoms with Crippen molar-refractivity contribution >= 4 is 12.2 Å². The van der Waals surface area contributed by atoms with Crippen LogP contribution in [0.1, 0.15) is 101 Å². The van der Waals surface area contributed by atoms with E-state index in [1.807, 2.05) is 0 Å². The first-order valence-corrected chi connectivity index (χ1v) is 16.4. The summed E-state index contributed by atoms with van der Waals surface area (Å²) < 4.78 is 1.54. The molecule has 4 aliphatic rings. The number of hydrogen-bond acceptors (Lipinski definition) is 0. The standard InChI is InChI=1S/2C15H17.Hf/c2*1-9-7-14-10(2)12-5-4-6-13(12)11(3)15(14)8-9;/h2*7-8H,4-6H2,1-3H3;. The van der Waals surface area contributed by atoms with Crippen molar-refractivity contribution in [3.63, 3.8) is 0 Å². The Kier molecular flexibility index (Phi) is 4.70. The summed E-state index contributed by atoms with van der Waals surface area (Å²) in [4.78, 5) is 0. The van der Waals surface area contributed by atoms with Gasteiger partial charge >= 0.3 is 200 Å². The molecule has 0 aromatic heterocycles. The van der Waals surface area contributed by atoms with Gasteiger partial charge < -0.3 is 0 Å². The molecule has 6 rings (SSSR count). The van der Waals surface area contributed by atoms with Crippen LogP contribution in [-0.2, 0) is 48.6 Å². The Balaban J connectivity index is 1.46. The van der Waals surface area contributed by atoms with Gasteiger partial charge in [0.15, 0.2) is 0 Å². The number of rotatable bonds is 2. The average molecular weight is 573 g/mol. The molecule has 0 saturated carbocycles. The molecule has 0 heterocycles. The van der Waals surface area contributed by atoms with Gasteiger partial charge in [0.1, 0.15) is 0 Å². The molecule has 2 atom stereocenters. The van der Waals surface area contributed by atoms with E-state index in [9.17, 15) is 0 Å². The molecule has 0 nitrogen and oxygen atoms in total. The van der Waals surface area contributed by atoms with E-state index < -0.39 is 22.9 Å². The molecule has 0 aliphatic heterocycles. The van der Waals surface area contributed by atoms with Crippen LogP contribution in [0.3, 0.4) is 0 Å². The summed E-state index contributed by atoms with van der Waals surface area (Å²) in [6.45, 7) is 14.6. The van der Waals surface area contributed by atoms with Crippen LogP contribution >= 0.6 is 0 Å². The summed E-state index contributed by atoms with van der Waals surface area (Å²) in [6.07, 6.45) is 13.1. The molecule has 4 aliphatic carbocycles. The van der Waals surface area contributed by atoms with E-state index in [1.165, 1.54) is 38.5 Å². The summed E-state index contributed by atoms with van der Waals surface area (Å²) in [7, 11) is 0. The van der Waals surface area contributed by atoms with E-state index >= 15 is 0 Å². The quantitative estimate of drug-likeness (QED) is 0.325. The Labute approximate surface area is 199 Å². The minimum atomic E-state index is -1.04. The van der Waals surface area contributed by atoms with Gasteiger partial charge in [-0.05, 0) is 0 Å². The van der Waals surface area contributed by atoms with Crippen LogP contribution in [0.4, 0.5) is 0 Å². The molecule has 2 aromatic rings. The van der Waals surface area contributed by atoms with Crippen molar-refractivity contribution in [3.8, 4) is 0 Å². The number of hydrogen-bond donors (Lipinski definition) is 0.